The van der Waals surface area contributed by atoms with E-state index >= 15 is 0 Å². The largest absolute Gasteiger partial charge is 0.468 e. The molecule has 0 amide bonds. The molecule has 1 heterocycles. The van der Waals surface area contributed by atoms with Crippen molar-refractivity contribution in [3.8, 4) is 0 Å². The van der Waals surface area contributed by atoms with E-state index in [-0.39, 0.29) is 0 Å². The average Bonchev–Trinajstić information content (AvgIpc) is 2.80. The number of furan rings is 1. The maximum Gasteiger partial charge on any atom is 0.117 e. The summed E-state index contributed by atoms with van der Waals surface area (Å²) >= 11 is 0. The highest BCUT2D eigenvalue weighted by Gasteiger charge is 2.01. The molecule has 0 fully saturated rings. The lowest BCUT2D eigenvalue weighted by Gasteiger charge is -2.15. The van der Waals surface area contributed by atoms with Gasteiger partial charge in [0.1, 0.15) is 5.76 Å². The Bertz CT molecular complexity index is 259. The van der Waals surface area contributed by atoms with Crippen LogP contribution in [-0.2, 0) is 6.54 Å². The lowest BCUT2D eigenvalue weighted by molar-refractivity contribution is 0.294. The SMILES string of the molecule is CCCCCCNCCN(C)Cc1ccco1. The summed E-state index contributed by atoms with van der Waals surface area (Å²) in [5.74, 6) is 1.04. The van der Waals surface area contributed by atoms with E-state index in [4.69, 9.17) is 4.42 Å². The number of nitrogens with zero attached hydrogens (tertiary/aromatic N) is 1. The van der Waals surface area contributed by atoms with Crippen molar-refractivity contribution in [3.63, 3.8) is 0 Å². The molecule has 0 unspecified atom stereocenters. The van der Waals surface area contributed by atoms with Crippen LogP contribution >= 0.6 is 0 Å². The van der Waals surface area contributed by atoms with Crippen molar-refractivity contribution in [2.24, 2.45) is 0 Å². The number of likely N-dealkylation sites (N-methyl/N-ethyl adjacent to an activating group) is 1. The van der Waals surface area contributed by atoms with Gasteiger partial charge in [-0.2, -0.15) is 0 Å². The summed E-state index contributed by atoms with van der Waals surface area (Å²) in [6.45, 7) is 6.41. The van der Waals surface area contributed by atoms with Crippen LogP contribution in [0.15, 0.2) is 22.8 Å². The lowest BCUT2D eigenvalue weighted by atomic mass is 10.2. The molecule has 0 radical (unpaired) electrons. The highest BCUT2D eigenvalue weighted by Crippen LogP contribution is 2.02. The summed E-state index contributed by atoms with van der Waals surface area (Å²) in [4.78, 5) is 2.28. The van der Waals surface area contributed by atoms with Crippen molar-refractivity contribution in [3.05, 3.63) is 24.2 Å². The Kier molecular flexibility index (Phi) is 7.76. The van der Waals surface area contributed by atoms with Crippen molar-refractivity contribution in [1.29, 1.82) is 0 Å². The molecule has 1 N–H and O–H groups in total. The normalized spacial score (nSPS) is 11.2. The molecule has 0 aromatic carbocycles. The molecule has 98 valence electrons. The number of unbranched alkanes of at least 4 members (excludes halogenated alkanes) is 3. The first-order valence-corrected chi connectivity index (χ1v) is 6.74. The van der Waals surface area contributed by atoms with Crippen molar-refractivity contribution in [2.75, 3.05) is 26.7 Å². The van der Waals surface area contributed by atoms with E-state index in [0.29, 0.717) is 0 Å². The van der Waals surface area contributed by atoms with Crippen LogP contribution in [0.1, 0.15) is 38.4 Å². The molecule has 0 atom stereocenters. The smallest absolute Gasteiger partial charge is 0.117 e. The summed E-state index contributed by atoms with van der Waals surface area (Å²) in [6.07, 6.45) is 7.06. The van der Waals surface area contributed by atoms with Gasteiger partial charge in [0.2, 0.25) is 0 Å². The topological polar surface area (TPSA) is 28.4 Å². The Morgan fingerprint density at radius 2 is 2.12 bits per heavy atom. The molecule has 17 heavy (non-hydrogen) atoms. The second kappa shape index (κ2) is 9.25. The Balaban J connectivity index is 1.92. The van der Waals surface area contributed by atoms with Gasteiger partial charge in [-0.05, 0) is 32.1 Å². The van der Waals surface area contributed by atoms with E-state index in [1.54, 1.807) is 6.26 Å². The van der Waals surface area contributed by atoms with E-state index < -0.39 is 0 Å². The fourth-order valence-electron chi connectivity index (χ4n) is 1.82. The van der Waals surface area contributed by atoms with Gasteiger partial charge in [0.25, 0.3) is 0 Å². The van der Waals surface area contributed by atoms with Gasteiger partial charge >= 0.3 is 0 Å². The molecule has 3 nitrogen and oxygen atoms in total. The van der Waals surface area contributed by atoms with E-state index in [0.717, 1.165) is 31.9 Å². The molecule has 1 aromatic heterocycles. The fourth-order valence-corrected chi connectivity index (χ4v) is 1.82. The third-order valence-corrected chi connectivity index (χ3v) is 2.88. The van der Waals surface area contributed by atoms with Crippen molar-refractivity contribution < 1.29 is 4.42 Å². The van der Waals surface area contributed by atoms with Crippen LogP contribution in [-0.4, -0.2) is 31.6 Å². The summed E-state index contributed by atoms with van der Waals surface area (Å²) in [7, 11) is 2.13. The Labute approximate surface area is 105 Å². The quantitative estimate of drug-likeness (QED) is 0.635. The summed E-state index contributed by atoms with van der Waals surface area (Å²) in [5.41, 5.74) is 0. The van der Waals surface area contributed by atoms with Crippen LogP contribution in [0, 0.1) is 0 Å². The monoisotopic (exact) mass is 238 g/mol. The van der Waals surface area contributed by atoms with E-state index in [9.17, 15) is 0 Å². The first-order chi connectivity index (χ1) is 8.33. The van der Waals surface area contributed by atoms with Crippen LogP contribution in [0.3, 0.4) is 0 Å². The molecule has 0 aliphatic rings. The highest BCUT2D eigenvalue weighted by atomic mass is 16.3. The molecule has 0 aliphatic carbocycles. The first kappa shape index (κ1) is 14.3. The number of hydrogen-bond acceptors (Lipinski definition) is 3. The Hall–Kier alpha value is -0.800. The van der Waals surface area contributed by atoms with Crippen molar-refractivity contribution >= 4 is 0 Å². The second-order valence-corrected chi connectivity index (χ2v) is 4.63. The van der Waals surface area contributed by atoms with Gasteiger partial charge in [0.15, 0.2) is 0 Å². The molecule has 0 aliphatic heterocycles. The van der Waals surface area contributed by atoms with Gasteiger partial charge in [-0.25, -0.2) is 0 Å². The van der Waals surface area contributed by atoms with E-state index in [1.165, 1.54) is 25.7 Å². The minimum Gasteiger partial charge on any atom is -0.468 e. The molecule has 0 bridgehead atoms. The number of hydrogen-bond donors (Lipinski definition) is 1. The first-order valence-electron chi connectivity index (χ1n) is 6.74. The molecular weight excluding hydrogens is 212 g/mol. The predicted octanol–water partition coefficient (Wildman–Crippen LogP) is 2.88. The summed E-state index contributed by atoms with van der Waals surface area (Å²) in [5, 5.41) is 3.48. The van der Waals surface area contributed by atoms with Gasteiger partial charge in [-0.15, -0.1) is 0 Å². The summed E-state index contributed by atoms with van der Waals surface area (Å²) < 4.78 is 5.31. The number of rotatable bonds is 10. The van der Waals surface area contributed by atoms with Gasteiger partial charge in [-0.1, -0.05) is 26.2 Å². The molecule has 0 saturated heterocycles. The Morgan fingerprint density at radius 3 is 2.82 bits per heavy atom. The number of nitrogens with one attached hydrogen (secondary N) is 1. The zero-order chi connectivity index (χ0) is 12.3. The lowest BCUT2D eigenvalue weighted by Crippen LogP contribution is -2.29. The maximum atomic E-state index is 5.31. The third-order valence-electron chi connectivity index (χ3n) is 2.88. The van der Waals surface area contributed by atoms with Crippen molar-refractivity contribution in [1.82, 2.24) is 10.2 Å². The van der Waals surface area contributed by atoms with Gasteiger partial charge in [0, 0.05) is 13.1 Å². The highest BCUT2D eigenvalue weighted by molar-refractivity contribution is 4.97. The summed E-state index contributed by atoms with van der Waals surface area (Å²) in [6, 6.07) is 3.96. The molecule has 0 spiro atoms. The molecule has 3 heteroatoms. The van der Waals surface area contributed by atoms with Crippen LogP contribution in [0.4, 0.5) is 0 Å². The Morgan fingerprint density at radius 1 is 1.24 bits per heavy atom. The third kappa shape index (κ3) is 7.18. The minimum atomic E-state index is 0.893. The standard InChI is InChI=1S/C14H26N2O/c1-3-4-5-6-9-15-10-11-16(2)13-14-8-7-12-17-14/h7-8,12,15H,3-6,9-11,13H2,1-2H3. The molecule has 0 saturated carbocycles. The minimum absolute atomic E-state index is 0.893. The predicted molar refractivity (Wildman–Crippen MR) is 72.1 cm³/mol. The van der Waals surface area contributed by atoms with Crippen LogP contribution in [0.5, 0.6) is 0 Å². The second-order valence-electron chi connectivity index (χ2n) is 4.63. The van der Waals surface area contributed by atoms with Crippen LogP contribution < -0.4 is 5.32 Å². The van der Waals surface area contributed by atoms with Crippen LogP contribution in [0.2, 0.25) is 0 Å². The molecule has 1 rings (SSSR count). The van der Waals surface area contributed by atoms with E-state index in [1.807, 2.05) is 12.1 Å². The van der Waals surface area contributed by atoms with Gasteiger partial charge < -0.3 is 9.73 Å². The fraction of sp³-hybridized carbons (Fsp3) is 0.714. The van der Waals surface area contributed by atoms with Crippen molar-refractivity contribution in [2.45, 2.75) is 39.2 Å². The van der Waals surface area contributed by atoms with Gasteiger partial charge in [-0.3, -0.25) is 4.90 Å². The zero-order valence-corrected chi connectivity index (χ0v) is 11.2. The maximum absolute atomic E-state index is 5.31. The van der Waals surface area contributed by atoms with Crippen LogP contribution in [0.25, 0.3) is 0 Å². The molecular formula is C14H26N2O. The zero-order valence-electron chi connectivity index (χ0n) is 11.2. The van der Waals surface area contributed by atoms with E-state index in [2.05, 4.69) is 24.2 Å². The molecule has 1 aromatic rings. The van der Waals surface area contributed by atoms with Gasteiger partial charge in [0.05, 0.1) is 12.8 Å². The average molecular weight is 238 g/mol.